The van der Waals surface area contributed by atoms with Gasteiger partial charge in [0.25, 0.3) is 0 Å². The average molecular weight is 465 g/mol. The number of aryl methyl sites for hydroxylation is 2. The zero-order chi connectivity index (χ0) is 23.8. The first-order valence-corrected chi connectivity index (χ1v) is 12.2. The van der Waals surface area contributed by atoms with E-state index in [4.69, 9.17) is 4.98 Å². The van der Waals surface area contributed by atoms with Gasteiger partial charge >= 0.3 is 0 Å². The summed E-state index contributed by atoms with van der Waals surface area (Å²) in [5.74, 6) is 2.53. The van der Waals surface area contributed by atoms with Gasteiger partial charge in [0.15, 0.2) is 17.0 Å². The van der Waals surface area contributed by atoms with Crippen LogP contribution in [0.2, 0.25) is 0 Å². The molecule has 3 aromatic heterocycles. The normalized spacial score (nSPS) is 22.9. The van der Waals surface area contributed by atoms with Crippen molar-refractivity contribution in [3.8, 4) is 11.4 Å². The second kappa shape index (κ2) is 9.25. The minimum atomic E-state index is -0.249. The quantitative estimate of drug-likeness (QED) is 0.611. The molecular formula is C24H32N8O2. The highest BCUT2D eigenvalue weighted by Crippen LogP contribution is 2.31. The number of nitrogens with zero attached hydrogens (tertiary/aromatic N) is 8. The van der Waals surface area contributed by atoms with Crippen molar-refractivity contribution < 1.29 is 9.90 Å². The van der Waals surface area contributed by atoms with Gasteiger partial charge in [-0.25, -0.2) is 24.9 Å². The number of fused-ring (bicyclic) bond motifs is 1. The minimum Gasteiger partial charge on any atom is -0.393 e. The third-order valence-electron chi connectivity index (χ3n) is 7.27. The third-order valence-corrected chi connectivity index (χ3v) is 7.27. The number of carbonyl (C=O) groups excluding carboxylic acids is 1. The molecule has 180 valence electrons. The lowest BCUT2D eigenvalue weighted by molar-refractivity contribution is -0.136. The second-order valence-corrected chi connectivity index (χ2v) is 9.41. The Labute approximate surface area is 199 Å². The first kappa shape index (κ1) is 22.6. The molecule has 0 spiro atoms. The van der Waals surface area contributed by atoms with Crippen molar-refractivity contribution in [3.05, 3.63) is 24.5 Å². The molecule has 1 amide bonds. The van der Waals surface area contributed by atoms with Crippen LogP contribution in [0.3, 0.4) is 0 Å². The number of aliphatic hydroxyl groups excluding tert-OH is 1. The summed E-state index contributed by atoms with van der Waals surface area (Å²) in [6, 6.07) is 0.161. The van der Waals surface area contributed by atoms with Crippen LogP contribution < -0.4 is 4.90 Å². The number of likely N-dealkylation sites (tertiary alicyclic amines) is 1. The lowest BCUT2D eigenvalue weighted by Crippen LogP contribution is -2.40. The predicted molar refractivity (Wildman–Crippen MR) is 128 cm³/mol. The zero-order valence-electron chi connectivity index (χ0n) is 20.1. The van der Waals surface area contributed by atoms with Crippen LogP contribution in [0.15, 0.2) is 18.7 Å². The molecule has 0 aromatic carbocycles. The number of likely N-dealkylation sites (N-methyl/N-ethyl adjacent to an activating group) is 1. The van der Waals surface area contributed by atoms with Crippen LogP contribution in [0.1, 0.15) is 44.9 Å². The molecule has 0 unspecified atom stereocenters. The molecule has 10 nitrogen and oxygen atoms in total. The molecule has 1 aliphatic heterocycles. The van der Waals surface area contributed by atoms with Crippen molar-refractivity contribution in [2.24, 2.45) is 5.92 Å². The van der Waals surface area contributed by atoms with Crippen LogP contribution in [0, 0.1) is 12.8 Å². The highest BCUT2D eigenvalue weighted by Gasteiger charge is 2.35. The van der Waals surface area contributed by atoms with Gasteiger partial charge in [-0.1, -0.05) is 0 Å². The van der Waals surface area contributed by atoms with Gasteiger partial charge in [0.05, 0.1) is 11.7 Å². The molecule has 1 aliphatic carbocycles. The topological polar surface area (TPSA) is 113 Å². The van der Waals surface area contributed by atoms with Crippen LogP contribution >= 0.6 is 0 Å². The van der Waals surface area contributed by atoms with Crippen molar-refractivity contribution in [3.63, 3.8) is 0 Å². The molecule has 1 N–H and O–H groups in total. The first-order chi connectivity index (χ1) is 16.5. The van der Waals surface area contributed by atoms with E-state index in [1.54, 1.807) is 18.7 Å². The number of aliphatic hydroxyl groups is 1. The highest BCUT2D eigenvalue weighted by molar-refractivity contribution is 5.87. The SMILES string of the molecule is CCn1c(-c2cnc(C)nc2)nc2c(N(C)[C@H]3CCN(C(=O)[C@H]4CC[C@@H](O)CC4)C3)ncnc21. The molecule has 0 radical (unpaired) electrons. The molecule has 1 saturated heterocycles. The number of imidazole rings is 1. The van der Waals surface area contributed by atoms with Gasteiger partial charge in [-0.2, -0.15) is 0 Å². The fourth-order valence-corrected chi connectivity index (χ4v) is 5.22. The van der Waals surface area contributed by atoms with Crippen LogP contribution in [-0.2, 0) is 11.3 Å². The first-order valence-electron chi connectivity index (χ1n) is 12.2. The van der Waals surface area contributed by atoms with E-state index in [1.807, 2.05) is 18.9 Å². The minimum absolute atomic E-state index is 0.0396. The monoisotopic (exact) mass is 464 g/mol. The van der Waals surface area contributed by atoms with Gasteiger partial charge in [-0.05, 0) is 46.0 Å². The molecule has 5 rings (SSSR count). The van der Waals surface area contributed by atoms with E-state index in [1.165, 1.54) is 0 Å². The Bertz CT molecular complexity index is 1170. The Kier molecular flexibility index (Phi) is 6.16. The molecule has 3 aromatic rings. The van der Waals surface area contributed by atoms with Crippen molar-refractivity contribution in [2.75, 3.05) is 25.0 Å². The average Bonchev–Trinajstić information content (AvgIpc) is 3.49. The Morgan fingerprint density at radius 1 is 1.12 bits per heavy atom. The number of anilines is 1. The number of hydrogen-bond donors (Lipinski definition) is 1. The van der Waals surface area contributed by atoms with E-state index in [0.717, 1.165) is 67.0 Å². The summed E-state index contributed by atoms with van der Waals surface area (Å²) in [5.41, 5.74) is 2.37. The summed E-state index contributed by atoms with van der Waals surface area (Å²) in [5, 5.41) is 9.77. The summed E-state index contributed by atoms with van der Waals surface area (Å²) in [4.78, 5) is 39.9. The largest absolute Gasteiger partial charge is 0.393 e. The second-order valence-electron chi connectivity index (χ2n) is 9.41. The summed E-state index contributed by atoms with van der Waals surface area (Å²) in [7, 11) is 2.02. The molecule has 4 heterocycles. The van der Waals surface area contributed by atoms with Crippen molar-refractivity contribution in [1.29, 1.82) is 0 Å². The van der Waals surface area contributed by atoms with E-state index in [0.29, 0.717) is 18.9 Å². The Hall–Kier alpha value is -3.14. The fourth-order valence-electron chi connectivity index (χ4n) is 5.22. The molecule has 2 aliphatic rings. The van der Waals surface area contributed by atoms with Crippen LogP contribution in [0.4, 0.5) is 5.82 Å². The van der Waals surface area contributed by atoms with Gasteiger partial charge in [0.1, 0.15) is 18.0 Å². The maximum atomic E-state index is 13.1. The summed E-state index contributed by atoms with van der Waals surface area (Å²) >= 11 is 0. The Balaban J connectivity index is 1.39. The van der Waals surface area contributed by atoms with Gasteiger partial charge in [0.2, 0.25) is 5.91 Å². The maximum Gasteiger partial charge on any atom is 0.225 e. The Morgan fingerprint density at radius 2 is 1.85 bits per heavy atom. The third kappa shape index (κ3) is 4.11. The maximum absolute atomic E-state index is 13.1. The lowest BCUT2D eigenvalue weighted by Gasteiger charge is -2.29. The van der Waals surface area contributed by atoms with E-state index in [-0.39, 0.29) is 24.0 Å². The zero-order valence-corrected chi connectivity index (χ0v) is 20.1. The molecule has 1 saturated carbocycles. The van der Waals surface area contributed by atoms with Crippen LogP contribution in [-0.4, -0.2) is 77.7 Å². The summed E-state index contributed by atoms with van der Waals surface area (Å²) < 4.78 is 2.06. The molecular weight excluding hydrogens is 432 g/mol. The van der Waals surface area contributed by atoms with Crippen LogP contribution in [0.5, 0.6) is 0 Å². The number of aromatic nitrogens is 6. The summed E-state index contributed by atoms with van der Waals surface area (Å²) in [6.07, 6.45) is 8.81. The number of rotatable bonds is 5. The molecule has 0 bridgehead atoms. The highest BCUT2D eigenvalue weighted by atomic mass is 16.3. The van der Waals surface area contributed by atoms with Gasteiger partial charge < -0.3 is 19.5 Å². The predicted octanol–water partition coefficient (Wildman–Crippen LogP) is 2.20. The van der Waals surface area contributed by atoms with E-state index in [9.17, 15) is 9.90 Å². The van der Waals surface area contributed by atoms with E-state index in [2.05, 4.69) is 36.3 Å². The van der Waals surface area contributed by atoms with Crippen LogP contribution in [0.25, 0.3) is 22.6 Å². The molecule has 1 atom stereocenters. The van der Waals surface area contributed by atoms with E-state index < -0.39 is 0 Å². The number of hydrogen-bond acceptors (Lipinski definition) is 8. The van der Waals surface area contributed by atoms with E-state index >= 15 is 0 Å². The molecule has 2 fully saturated rings. The van der Waals surface area contributed by atoms with Crippen molar-refractivity contribution in [2.45, 2.75) is 64.6 Å². The number of amides is 1. The molecule has 10 heteroatoms. The number of carbonyl (C=O) groups is 1. The lowest BCUT2D eigenvalue weighted by atomic mass is 9.86. The molecule has 34 heavy (non-hydrogen) atoms. The fraction of sp³-hybridized carbons (Fsp3) is 0.583. The van der Waals surface area contributed by atoms with Crippen molar-refractivity contribution >= 4 is 22.9 Å². The van der Waals surface area contributed by atoms with Gasteiger partial charge in [-0.15, -0.1) is 0 Å². The smallest absolute Gasteiger partial charge is 0.225 e. The van der Waals surface area contributed by atoms with Gasteiger partial charge in [0, 0.05) is 51.0 Å². The van der Waals surface area contributed by atoms with Gasteiger partial charge in [-0.3, -0.25) is 4.79 Å². The van der Waals surface area contributed by atoms with Crippen molar-refractivity contribution in [1.82, 2.24) is 34.4 Å². The summed E-state index contributed by atoms with van der Waals surface area (Å²) in [6.45, 7) is 6.05. The standard InChI is InChI=1S/C24H32N8O2/c1-4-32-21(17-11-25-15(2)26-12-17)29-20-22(27-14-28-23(20)32)30(3)18-9-10-31(13-18)24(34)16-5-7-19(33)8-6-16/h11-12,14,16,18-19,33H,4-10,13H2,1-3H3/t16-,18-,19+/m0/s1. The Morgan fingerprint density at radius 3 is 2.56 bits per heavy atom.